The van der Waals surface area contributed by atoms with E-state index < -0.39 is 0 Å². The second-order valence-corrected chi connectivity index (χ2v) is 6.34. The summed E-state index contributed by atoms with van der Waals surface area (Å²) in [7, 11) is 1.59. The van der Waals surface area contributed by atoms with Crippen molar-refractivity contribution in [3.8, 4) is 17.1 Å². The summed E-state index contributed by atoms with van der Waals surface area (Å²) in [6.45, 7) is 9.16. The predicted octanol–water partition coefficient (Wildman–Crippen LogP) is 5.48. The van der Waals surface area contributed by atoms with Crippen LogP contribution in [0.4, 0.5) is 5.13 Å². The maximum atomic E-state index is 6.34. The number of methoxy groups -OCH3 is 1. The van der Waals surface area contributed by atoms with Gasteiger partial charge in [-0.2, -0.15) is 6.92 Å². The van der Waals surface area contributed by atoms with Crippen LogP contribution in [0.15, 0.2) is 23.6 Å². The van der Waals surface area contributed by atoms with Crippen molar-refractivity contribution in [2.45, 2.75) is 26.8 Å². The van der Waals surface area contributed by atoms with E-state index in [2.05, 4.69) is 42.1 Å². The summed E-state index contributed by atoms with van der Waals surface area (Å²) < 4.78 is 5.24. The molecule has 3 aromatic rings. The summed E-state index contributed by atoms with van der Waals surface area (Å²) in [5.41, 5.74) is 2.23. The Morgan fingerprint density at radius 3 is 2.60 bits per heavy atom. The van der Waals surface area contributed by atoms with E-state index in [1.807, 2.05) is 23.6 Å². The van der Waals surface area contributed by atoms with Crippen LogP contribution in [0.2, 0.25) is 5.02 Å². The maximum Gasteiger partial charge on any atom is 2.00 e. The van der Waals surface area contributed by atoms with Gasteiger partial charge in [0.05, 0.1) is 17.8 Å². The molecule has 134 valence electrons. The third kappa shape index (κ3) is 5.14. The van der Waals surface area contributed by atoms with Gasteiger partial charge in [-0.25, -0.2) is 4.98 Å². The summed E-state index contributed by atoms with van der Waals surface area (Å²) in [4.78, 5) is 9.17. The number of benzene rings is 1. The Balaban J connectivity index is 0.00000101. The zero-order valence-electron chi connectivity index (χ0n) is 14.5. The first-order valence-corrected chi connectivity index (χ1v) is 8.82. The van der Waals surface area contributed by atoms with Gasteiger partial charge in [0.1, 0.15) is 5.75 Å². The molecular formula is C18H20ClN3OOsS. The Morgan fingerprint density at radius 2 is 1.96 bits per heavy atom. The number of nitrogens with one attached hydrogen (secondary N) is 1. The number of ether oxygens (including phenoxy) is 1. The van der Waals surface area contributed by atoms with E-state index in [1.165, 1.54) is 0 Å². The molecule has 25 heavy (non-hydrogen) atoms. The number of hydrogen-bond acceptors (Lipinski definition) is 5. The quantitative estimate of drug-likeness (QED) is 0.436. The van der Waals surface area contributed by atoms with Crippen LogP contribution < -0.4 is 10.1 Å². The molecule has 4 nitrogen and oxygen atoms in total. The van der Waals surface area contributed by atoms with E-state index in [1.54, 1.807) is 25.4 Å². The molecule has 0 radical (unpaired) electrons. The van der Waals surface area contributed by atoms with Crippen molar-refractivity contribution in [2.75, 3.05) is 12.4 Å². The molecule has 0 spiro atoms. The van der Waals surface area contributed by atoms with Crippen LogP contribution in [0.3, 0.4) is 0 Å². The number of hydrogen-bond donors (Lipinski definition) is 1. The van der Waals surface area contributed by atoms with Crippen molar-refractivity contribution in [2.24, 2.45) is 0 Å². The standard InChI is InChI=1S/C16H15ClN3OS.C2H5.Os/c1-9(2)18-16-20-12(8-22-16)11-6-4-10-5-7-13(21-3)14(17)15(10)19-11;1-2;/h5-9H,1-3H3,(H,18,20);1H2,2H3;/q2*-1;+2. The van der Waals surface area contributed by atoms with Gasteiger partial charge in [0.2, 0.25) is 0 Å². The third-order valence-electron chi connectivity index (χ3n) is 3.08. The predicted molar refractivity (Wildman–Crippen MR) is 103 cm³/mol. The zero-order valence-corrected chi connectivity index (χ0v) is 18.6. The molecule has 2 heterocycles. The molecule has 0 atom stereocenters. The summed E-state index contributed by atoms with van der Waals surface area (Å²) in [6.07, 6.45) is 0. The molecule has 0 aliphatic heterocycles. The number of fused-ring (bicyclic) bond motifs is 1. The van der Waals surface area contributed by atoms with Crippen LogP contribution in [-0.4, -0.2) is 23.1 Å². The third-order valence-corrected chi connectivity index (χ3v) is 4.21. The molecule has 7 heteroatoms. The summed E-state index contributed by atoms with van der Waals surface area (Å²) >= 11 is 7.89. The van der Waals surface area contributed by atoms with Crippen LogP contribution >= 0.6 is 22.9 Å². The zero-order chi connectivity index (χ0) is 17.7. The van der Waals surface area contributed by atoms with Crippen LogP contribution in [0, 0.1) is 13.0 Å². The molecule has 0 aliphatic carbocycles. The van der Waals surface area contributed by atoms with Crippen molar-refractivity contribution in [1.29, 1.82) is 0 Å². The number of aromatic nitrogens is 2. The van der Waals surface area contributed by atoms with Crippen LogP contribution in [-0.2, 0) is 19.8 Å². The fourth-order valence-corrected chi connectivity index (χ4v) is 3.20. The van der Waals surface area contributed by atoms with E-state index in [0.717, 1.165) is 21.9 Å². The SMILES string of the molecule is COc1ccc2[c-]cc(-c3csc(NC(C)C)n3)nc2c1Cl.[CH2-]C.[Os+2]. The van der Waals surface area contributed by atoms with Gasteiger partial charge in [0.25, 0.3) is 0 Å². The molecule has 1 N–H and O–H groups in total. The number of nitrogens with zero attached hydrogens (tertiary/aromatic N) is 2. The van der Waals surface area contributed by atoms with Gasteiger partial charge >= 0.3 is 19.8 Å². The number of thiazole rings is 1. The molecule has 0 bridgehead atoms. The first-order chi connectivity index (χ1) is 11.6. The second-order valence-electron chi connectivity index (χ2n) is 5.10. The number of pyridine rings is 1. The van der Waals surface area contributed by atoms with E-state index >= 15 is 0 Å². The molecular weight excluding hydrogens is 532 g/mol. The van der Waals surface area contributed by atoms with Gasteiger partial charge < -0.3 is 22.0 Å². The van der Waals surface area contributed by atoms with Crippen molar-refractivity contribution in [3.63, 3.8) is 0 Å². The van der Waals surface area contributed by atoms with Crippen LogP contribution in [0.5, 0.6) is 5.75 Å². The van der Waals surface area contributed by atoms with Crippen molar-refractivity contribution < 1.29 is 24.5 Å². The normalized spacial score (nSPS) is 10.0. The minimum Gasteiger partial charge on any atom is -0.497 e. The fraction of sp³-hybridized carbons (Fsp3) is 0.278. The number of rotatable bonds is 4. The average Bonchev–Trinajstić information content (AvgIpc) is 3.04. The van der Waals surface area contributed by atoms with Crippen LogP contribution in [0.25, 0.3) is 22.3 Å². The van der Waals surface area contributed by atoms with Crippen molar-refractivity contribution in [3.05, 3.63) is 41.6 Å². The molecule has 0 fully saturated rings. The fourth-order valence-electron chi connectivity index (χ4n) is 2.06. The number of anilines is 1. The molecule has 0 saturated carbocycles. The first-order valence-electron chi connectivity index (χ1n) is 7.56. The minimum atomic E-state index is 0. The molecule has 3 rings (SSSR count). The van der Waals surface area contributed by atoms with Gasteiger partial charge in [-0.1, -0.05) is 17.7 Å². The Hall–Kier alpha value is -1.21. The minimum absolute atomic E-state index is 0. The Morgan fingerprint density at radius 1 is 1.24 bits per heavy atom. The maximum absolute atomic E-state index is 6.34. The van der Waals surface area contributed by atoms with E-state index in [0.29, 0.717) is 22.3 Å². The van der Waals surface area contributed by atoms with Crippen LogP contribution in [0.1, 0.15) is 20.8 Å². The van der Waals surface area contributed by atoms with Crippen molar-refractivity contribution in [1.82, 2.24) is 9.97 Å². The smallest absolute Gasteiger partial charge is 0.497 e. The first kappa shape index (κ1) is 21.8. The molecule has 2 aromatic heterocycles. The van der Waals surface area contributed by atoms with Gasteiger partial charge in [-0.05, 0) is 19.4 Å². The topological polar surface area (TPSA) is 47.0 Å². The summed E-state index contributed by atoms with van der Waals surface area (Å²) in [6, 6.07) is 9.08. The summed E-state index contributed by atoms with van der Waals surface area (Å²) in [5.74, 6) is 0.604. The van der Waals surface area contributed by atoms with Gasteiger partial charge in [-0.3, -0.25) is 0 Å². The van der Waals surface area contributed by atoms with Crippen molar-refractivity contribution >= 4 is 39.0 Å². The van der Waals surface area contributed by atoms with Gasteiger partial charge in [0, 0.05) is 17.1 Å². The molecule has 0 saturated heterocycles. The van der Waals surface area contributed by atoms with E-state index in [9.17, 15) is 0 Å². The second kappa shape index (κ2) is 10.1. The Bertz CT molecular complexity index is 823. The molecule has 1 aromatic carbocycles. The molecule has 0 aliphatic rings. The Kier molecular flexibility index (Phi) is 8.78. The summed E-state index contributed by atoms with van der Waals surface area (Å²) in [5, 5.41) is 7.48. The van der Waals surface area contributed by atoms with Gasteiger partial charge in [-0.15, -0.1) is 34.9 Å². The molecule has 0 unspecified atom stereocenters. The number of halogens is 1. The molecule has 0 amide bonds. The van der Waals surface area contributed by atoms with Gasteiger partial charge in [0.15, 0.2) is 5.13 Å². The Labute approximate surface area is 171 Å². The largest absolute Gasteiger partial charge is 2.00 e. The van der Waals surface area contributed by atoms with E-state index in [-0.39, 0.29) is 19.8 Å². The van der Waals surface area contributed by atoms with E-state index in [4.69, 9.17) is 16.3 Å². The monoisotopic (exact) mass is 553 g/mol. The average molecular weight is 552 g/mol.